The molecule has 1 aromatic rings. The van der Waals surface area contributed by atoms with Gasteiger partial charge >= 0.3 is 6.36 Å². The third-order valence-corrected chi connectivity index (χ3v) is 1.73. The third kappa shape index (κ3) is 3.63. The average molecular weight is 217 g/mol. The monoisotopic (exact) mass is 217 g/mol. The second-order valence-corrected chi connectivity index (χ2v) is 2.88. The molecule has 0 bridgehead atoms. The summed E-state index contributed by atoms with van der Waals surface area (Å²) in [5.41, 5.74) is 6.09. The quantitative estimate of drug-likeness (QED) is 0.790. The molecule has 0 aromatic heterocycles. The van der Waals surface area contributed by atoms with Crippen molar-refractivity contribution >= 4 is 0 Å². The number of ether oxygens (including phenoxy) is 1. The number of halogens is 3. The van der Waals surface area contributed by atoms with Gasteiger partial charge in [0.2, 0.25) is 0 Å². The standard InChI is InChI=1S/C10H10F3NO/c1-2-9(14)7-4-3-5-8(6-7)15-10(11,12)13/h2-6,9H,1,14H2/t9-/m0/s1. The van der Waals surface area contributed by atoms with Crippen molar-refractivity contribution in [1.29, 1.82) is 0 Å². The first-order valence-corrected chi connectivity index (χ1v) is 4.16. The Balaban J connectivity index is 2.88. The summed E-state index contributed by atoms with van der Waals surface area (Å²) in [6, 6.07) is 5.00. The number of nitrogens with two attached hydrogens (primary N) is 1. The van der Waals surface area contributed by atoms with Crippen LogP contribution in [-0.2, 0) is 0 Å². The summed E-state index contributed by atoms with van der Waals surface area (Å²) >= 11 is 0. The number of benzene rings is 1. The zero-order valence-electron chi connectivity index (χ0n) is 7.79. The van der Waals surface area contributed by atoms with E-state index in [0.717, 1.165) is 0 Å². The lowest BCUT2D eigenvalue weighted by Crippen LogP contribution is -2.17. The van der Waals surface area contributed by atoms with Crippen molar-refractivity contribution < 1.29 is 17.9 Å². The molecule has 1 rings (SSSR count). The predicted molar refractivity (Wildman–Crippen MR) is 50.3 cm³/mol. The van der Waals surface area contributed by atoms with Gasteiger partial charge in [0, 0.05) is 6.04 Å². The second kappa shape index (κ2) is 4.35. The van der Waals surface area contributed by atoms with Crippen molar-refractivity contribution in [3.05, 3.63) is 42.5 Å². The maximum Gasteiger partial charge on any atom is 0.573 e. The van der Waals surface area contributed by atoms with E-state index in [0.29, 0.717) is 5.56 Å². The summed E-state index contributed by atoms with van der Waals surface area (Å²) in [6.45, 7) is 3.45. The van der Waals surface area contributed by atoms with Gasteiger partial charge in [-0.3, -0.25) is 0 Å². The molecule has 0 aliphatic heterocycles. The van der Waals surface area contributed by atoms with Gasteiger partial charge in [0.15, 0.2) is 0 Å². The van der Waals surface area contributed by atoms with Gasteiger partial charge in [0.1, 0.15) is 5.75 Å². The molecule has 2 nitrogen and oxygen atoms in total. The van der Waals surface area contributed by atoms with E-state index in [1.807, 2.05) is 0 Å². The van der Waals surface area contributed by atoms with Crippen LogP contribution in [0.15, 0.2) is 36.9 Å². The Hall–Kier alpha value is -1.49. The highest BCUT2D eigenvalue weighted by atomic mass is 19.4. The molecule has 0 heterocycles. The van der Waals surface area contributed by atoms with Crippen LogP contribution in [0.3, 0.4) is 0 Å². The van der Waals surface area contributed by atoms with Gasteiger partial charge in [-0.2, -0.15) is 0 Å². The molecule has 0 amide bonds. The van der Waals surface area contributed by atoms with Crippen molar-refractivity contribution in [2.45, 2.75) is 12.4 Å². The maximum atomic E-state index is 11.9. The topological polar surface area (TPSA) is 35.2 Å². The van der Waals surface area contributed by atoms with Crippen molar-refractivity contribution in [3.63, 3.8) is 0 Å². The molecular weight excluding hydrogens is 207 g/mol. The van der Waals surface area contributed by atoms with Gasteiger partial charge in [0.25, 0.3) is 0 Å². The Bertz CT molecular complexity index is 349. The van der Waals surface area contributed by atoms with Gasteiger partial charge in [-0.05, 0) is 17.7 Å². The molecule has 0 fully saturated rings. The largest absolute Gasteiger partial charge is 0.573 e. The normalized spacial score (nSPS) is 13.3. The summed E-state index contributed by atoms with van der Waals surface area (Å²) in [4.78, 5) is 0. The zero-order valence-corrected chi connectivity index (χ0v) is 7.79. The maximum absolute atomic E-state index is 11.9. The summed E-state index contributed by atoms with van der Waals surface area (Å²) in [7, 11) is 0. The predicted octanol–water partition coefficient (Wildman–Crippen LogP) is 2.77. The van der Waals surface area contributed by atoms with E-state index in [2.05, 4.69) is 11.3 Å². The van der Waals surface area contributed by atoms with E-state index >= 15 is 0 Å². The Morgan fingerprint density at radius 2 is 2.07 bits per heavy atom. The first kappa shape index (κ1) is 11.6. The molecule has 1 atom stereocenters. The molecular formula is C10H10F3NO. The highest BCUT2D eigenvalue weighted by Gasteiger charge is 2.31. The van der Waals surface area contributed by atoms with Crippen LogP contribution in [0.2, 0.25) is 0 Å². The van der Waals surface area contributed by atoms with Crippen LogP contribution in [0.1, 0.15) is 11.6 Å². The molecule has 0 aliphatic rings. The minimum atomic E-state index is -4.68. The first-order chi connectivity index (χ1) is 6.92. The van der Waals surface area contributed by atoms with Crippen LogP contribution < -0.4 is 10.5 Å². The highest BCUT2D eigenvalue weighted by Crippen LogP contribution is 2.25. The Morgan fingerprint density at radius 1 is 1.40 bits per heavy atom. The smallest absolute Gasteiger partial charge is 0.406 e. The first-order valence-electron chi connectivity index (χ1n) is 4.16. The molecule has 0 radical (unpaired) electrons. The van der Waals surface area contributed by atoms with E-state index in [9.17, 15) is 13.2 Å². The number of hydrogen-bond donors (Lipinski definition) is 1. The number of hydrogen-bond acceptors (Lipinski definition) is 2. The minimum Gasteiger partial charge on any atom is -0.406 e. The van der Waals surface area contributed by atoms with E-state index in [4.69, 9.17) is 5.73 Å². The fraction of sp³-hybridized carbons (Fsp3) is 0.200. The SMILES string of the molecule is C=C[C@H](N)c1cccc(OC(F)(F)F)c1. The molecule has 0 saturated carbocycles. The van der Waals surface area contributed by atoms with E-state index in [1.54, 1.807) is 6.07 Å². The van der Waals surface area contributed by atoms with Crippen LogP contribution in [0.25, 0.3) is 0 Å². The Kier molecular flexibility index (Phi) is 3.36. The highest BCUT2D eigenvalue weighted by molar-refractivity contribution is 5.32. The van der Waals surface area contributed by atoms with Crippen LogP contribution in [-0.4, -0.2) is 6.36 Å². The van der Waals surface area contributed by atoms with Crippen LogP contribution in [0.5, 0.6) is 5.75 Å². The molecule has 0 aliphatic carbocycles. The molecule has 15 heavy (non-hydrogen) atoms. The van der Waals surface area contributed by atoms with Crippen molar-refractivity contribution in [2.75, 3.05) is 0 Å². The number of alkyl halides is 3. The summed E-state index contributed by atoms with van der Waals surface area (Å²) in [5, 5.41) is 0. The van der Waals surface area contributed by atoms with E-state index < -0.39 is 12.4 Å². The fourth-order valence-corrected chi connectivity index (χ4v) is 1.06. The Labute approximate surface area is 85.2 Å². The van der Waals surface area contributed by atoms with Gasteiger partial charge in [-0.25, -0.2) is 0 Å². The van der Waals surface area contributed by atoms with Gasteiger partial charge in [0.05, 0.1) is 0 Å². The molecule has 0 saturated heterocycles. The van der Waals surface area contributed by atoms with E-state index in [1.165, 1.54) is 24.3 Å². The van der Waals surface area contributed by atoms with E-state index in [-0.39, 0.29) is 5.75 Å². The summed E-state index contributed by atoms with van der Waals surface area (Å²) in [6.07, 6.45) is -3.25. The molecule has 0 unspecified atom stereocenters. The van der Waals surface area contributed by atoms with Crippen LogP contribution in [0.4, 0.5) is 13.2 Å². The van der Waals surface area contributed by atoms with Gasteiger partial charge < -0.3 is 10.5 Å². The lowest BCUT2D eigenvalue weighted by atomic mass is 10.1. The van der Waals surface area contributed by atoms with Crippen molar-refractivity contribution in [1.82, 2.24) is 0 Å². The molecule has 1 aromatic carbocycles. The molecule has 2 N–H and O–H groups in total. The second-order valence-electron chi connectivity index (χ2n) is 2.88. The van der Waals surface area contributed by atoms with Crippen molar-refractivity contribution in [3.8, 4) is 5.75 Å². The molecule has 82 valence electrons. The zero-order chi connectivity index (χ0) is 11.5. The van der Waals surface area contributed by atoms with Crippen molar-refractivity contribution in [2.24, 2.45) is 5.73 Å². The molecule has 0 spiro atoms. The minimum absolute atomic E-state index is 0.280. The van der Waals surface area contributed by atoms with Crippen LogP contribution in [0, 0.1) is 0 Å². The van der Waals surface area contributed by atoms with Gasteiger partial charge in [-0.1, -0.05) is 18.2 Å². The average Bonchev–Trinajstić information content (AvgIpc) is 2.14. The third-order valence-electron chi connectivity index (χ3n) is 1.73. The van der Waals surface area contributed by atoms with Gasteiger partial charge in [-0.15, -0.1) is 19.8 Å². The lowest BCUT2D eigenvalue weighted by molar-refractivity contribution is -0.274. The summed E-state index contributed by atoms with van der Waals surface area (Å²) in [5.74, 6) is -0.280. The Morgan fingerprint density at radius 3 is 2.60 bits per heavy atom. The lowest BCUT2D eigenvalue weighted by Gasteiger charge is -2.11. The summed E-state index contributed by atoms with van der Waals surface area (Å²) < 4.78 is 39.4. The molecule has 5 heteroatoms. The number of rotatable bonds is 3. The van der Waals surface area contributed by atoms with Crippen LogP contribution >= 0.6 is 0 Å². The fourth-order valence-electron chi connectivity index (χ4n) is 1.06.